The van der Waals surface area contributed by atoms with E-state index in [-0.39, 0.29) is 42.8 Å². The first-order chi connectivity index (χ1) is 2.83. The van der Waals surface area contributed by atoms with E-state index in [0.29, 0.717) is 0 Å². The topological polar surface area (TPSA) is 43.3 Å². The predicted octanol–water partition coefficient (Wildman–Crippen LogP) is -3.63. The Balaban J connectivity index is -0.0000000400. The van der Waals surface area contributed by atoms with E-state index < -0.39 is 0 Å². The third-order valence-electron chi connectivity index (χ3n) is 0. The molecule has 7 heavy (non-hydrogen) atoms. The van der Waals surface area contributed by atoms with Crippen LogP contribution >= 0.6 is 0 Å². The standard InChI is InChI=1S/C2H6O.C2H5O.Na/c2*1-2-3;/h3H,2H2,1H3;2H2,1H3;/q;-1;+1. The zero-order valence-electron chi connectivity index (χ0n) is 5.27. The van der Waals surface area contributed by atoms with Gasteiger partial charge in [-0.25, -0.2) is 0 Å². The molecule has 0 spiro atoms. The molecule has 0 unspecified atom stereocenters. The average molecular weight is 114 g/mol. The maximum Gasteiger partial charge on any atom is 1.00 e. The summed E-state index contributed by atoms with van der Waals surface area (Å²) in [5, 5.41) is 16.5. The molecule has 0 aromatic heterocycles. The van der Waals surface area contributed by atoms with Crippen LogP contribution in [0.1, 0.15) is 13.8 Å². The predicted molar refractivity (Wildman–Crippen MR) is 23.3 cm³/mol. The number of aliphatic hydroxyl groups is 1. The van der Waals surface area contributed by atoms with E-state index in [1.165, 1.54) is 0 Å². The first-order valence-electron chi connectivity index (χ1n) is 2.02. The SMILES string of the molecule is CCO.CC[O-].[Na+]. The third-order valence-corrected chi connectivity index (χ3v) is 0. The molecule has 1 N–H and O–H groups in total. The molecule has 0 fully saturated rings. The van der Waals surface area contributed by atoms with Crippen LogP contribution in [0.15, 0.2) is 0 Å². The van der Waals surface area contributed by atoms with Crippen molar-refractivity contribution >= 4 is 0 Å². The minimum Gasteiger partial charge on any atom is -0.855 e. The van der Waals surface area contributed by atoms with Gasteiger partial charge in [-0.15, -0.1) is 6.61 Å². The van der Waals surface area contributed by atoms with E-state index in [9.17, 15) is 0 Å². The summed E-state index contributed by atoms with van der Waals surface area (Å²) in [6, 6.07) is 0. The van der Waals surface area contributed by atoms with Gasteiger partial charge in [-0.1, -0.05) is 6.92 Å². The smallest absolute Gasteiger partial charge is 0.855 e. The summed E-state index contributed by atoms with van der Waals surface area (Å²) in [6.45, 7) is 3.50. The summed E-state index contributed by atoms with van der Waals surface area (Å²) in [5.74, 6) is 0. The van der Waals surface area contributed by atoms with Gasteiger partial charge >= 0.3 is 29.6 Å². The molecular formula is C4H11NaO2. The molecule has 0 aliphatic carbocycles. The van der Waals surface area contributed by atoms with Crippen LogP contribution in [0.3, 0.4) is 0 Å². The Bertz CT molecular complexity index is 11.7. The van der Waals surface area contributed by atoms with Gasteiger partial charge in [-0.2, -0.15) is 0 Å². The number of rotatable bonds is 0. The van der Waals surface area contributed by atoms with Crippen LogP contribution in [-0.4, -0.2) is 18.3 Å². The van der Waals surface area contributed by atoms with Crippen molar-refractivity contribution in [2.45, 2.75) is 13.8 Å². The molecule has 0 aromatic carbocycles. The van der Waals surface area contributed by atoms with Gasteiger partial charge in [0.15, 0.2) is 0 Å². The molecule has 0 amide bonds. The van der Waals surface area contributed by atoms with Crippen molar-refractivity contribution in [3.8, 4) is 0 Å². The van der Waals surface area contributed by atoms with E-state index >= 15 is 0 Å². The van der Waals surface area contributed by atoms with Gasteiger partial charge in [0.1, 0.15) is 0 Å². The van der Waals surface area contributed by atoms with E-state index in [1.54, 1.807) is 13.8 Å². The van der Waals surface area contributed by atoms with E-state index in [4.69, 9.17) is 10.2 Å². The Kier molecular flexibility index (Phi) is 63.7. The van der Waals surface area contributed by atoms with Gasteiger partial charge < -0.3 is 10.2 Å². The van der Waals surface area contributed by atoms with Crippen LogP contribution in [-0.2, 0) is 0 Å². The molecule has 0 aliphatic heterocycles. The molecule has 2 nitrogen and oxygen atoms in total. The van der Waals surface area contributed by atoms with Crippen LogP contribution in [0.5, 0.6) is 0 Å². The van der Waals surface area contributed by atoms with Gasteiger partial charge in [0.05, 0.1) is 0 Å². The van der Waals surface area contributed by atoms with Crippen LogP contribution in [0.4, 0.5) is 0 Å². The molecule has 40 valence electrons. The largest absolute Gasteiger partial charge is 1.00 e. The van der Waals surface area contributed by atoms with Crippen LogP contribution in [0.25, 0.3) is 0 Å². The van der Waals surface area contributed by atoms with Crippen molar-refractivity contribution in [3.05, 3.63) is 0 Å². The normalized spacial score (nSPS) is 5.14. The minimum absolute atomic E-state index is 0. The van der Waals surface area contributed by atoms with Crippen LogP contribution in [0, 0.1) is 0 Å². The fraction of sp³-hybridized carbons (Fsp3) is 1.00. The van der Waals surface area contributed by atoms with Crippen molar-refractivity contribution in [1.82, 2.24) is 0 Å². The first kappa shape index (κ1) is 15.7. The average Bonchev–Trinajstić information content (AvgIpc) is 1.39. The van der Waals surface area contributed by atoms with Gasteiger partial charge in [0.25, 0.3) is 0 Å². The molecular weight excluding hydrogens is 103 g/mol. The second kappa shape index (κ2) is 28.4. The maximum absolute atomic E-state index is 8.93. The molecule has 0 saturated carbocycles. The first-order valence-corrected chi connectivity index (χ1v) is 2.02. The Morgan fingerprint density at radius 3 is 1.43 bits per heavy atom. The molecule has 0 atom stereocenters. The van der Waals surface area contributed by atoms with Gasteiger partial charge in [0.2, 0.25) is 0 Å². The quantitative estimate of drug-likeness (QED) is 0.330. The van der Waals surface area contributed by atoms with E-state index in [0.717, 1.165) is 0 Å². The second-order valence-corrected chi connectivity index (χ2v) is 0.605. The fourth-order valence-corrected chi connectivity index (χ4v) is 0. The molecule has 0 heterocycles. The molecule has 3 heteroatoms. The van der Waals surface area contributed by atoms with Crippen molar-refractivity contribution in [2.75, 3.05) is 13.2 Å². The van der Waals surface area contributed by atoms with Gasteiger partial charge in [-0.05, 0) is 6.92 Å². The molecule has 0 bridgehead atoms. The molecule has 0 aliphatic rings. The van der Waals surface area contributed by atoms with Crippen molar-refractivity contribution in [3.63, 3.8) is 0 Å². The molecule has 0 rings (SSSR count). The van der Waals surface area contributed by atoms with Crippen molar-refractivity contribution in [1.29, 1.82) is 0 Å². The van der Waals surface area contributed by atoms with Crippen molar-refractivity contribution in [2.24, 2.45) is 0 Å². The van der Waals surface area contributed by atoms with Crippen LogP contribution < -0.4 is 34.7 Å². The number of hydrogen-bond acceptors (Lipinski definition) is 2. The maximum atomic E-state index is 8.93. The molecule has 0 saturated heterocycles. The van der Waals surface area contributed by atoms with Gasteiger partial charge in [0, 0.05) is 6.61 Å². The Morgan fingerprint density at radius 2 is 1.43 bits per heavy atom. The minimum atomic E-state index is 0. The Labute approximate surface area is 66.8 Å². The monoisotopic (exact) mass is 114 g/mol. The van der Waals surface area contributed by atoms with Gasteiger partial charge in [-0.3, -0.25) is 0 Å². The third kappa shape index (κ3) is 198. The summed E-state index contributed by atoms with van der Waals surface area (Å²) in [5.41, 5.74) is 0. The summed E-state index contributed by atoms with van der Waals surface area (Å²) < 4.78 is 0. The van der Waals surface area contributed by atoms with Crippen LogP contribution in [0.2, 0.25) is 0 Å². The molecule has 0 aromatic rings. The summed E-state index contributed by atoms with van der Waals surface area (Å²) in [4.78, 5) is 0. The van der Waals surface area contributed by atoms with E-state index in [2.05, 4.69) is 0 Å². The fourth-order valence-electron chi connectivity index (χ4n) is 0. The van der Waals surface area contributed by atoms with Crippen molar-refractivity contribution < 1.29 is 39.8 Å². The zero-order valence-corrected chi connectivity index (χ0v) is 7.27. The Morgan fingerprint density at radius 1 is 1.43 bits per heavy atom. The summed E-state index contributed by atoms with van der Waals surface area (Å²) in [6.07, 6.45) is 0. The van der Waals surface area contributed by atoms with E-state index in [1.807, 2.05) is 0 Å². The Hall–Kier alpha value is 0.920. The zero-order chi connectivity index (χ0) is 5.41. The molecule has 0 radical (unpaired) electrons. The summed E-state index contributed by atoms with van der Waals surface area (Å²) >= 11 is 0. The summed E-state index contributed by atoms with van der Waals surface area (Å²) in [7, 11) is 0. The number of hydrogen-bond donors (Lipinski definition) is 1. The number of aliphatic hydroxyl groups excluding tert-OH is 1. The second-order valence-electron chi connectivity index (χ2n) is 0.605.